The lowest BCUT2D eigenvalue weighted by atomic mass is 10.2. The minimum Gasteiger partial charge on any atom is -0.386 e. The molecular formula is C14H23N5O3S. The zero-order valence-electron chi connectivity index (χ0n) is 13.0. The van der Waals surface area contributed by atoms with Crippen LogP contribution in [0.4, 0.5) is 0 Å². The second-order valence-electron chi connectivity index (χ2n) is 5.78. The van der Waals surface area contributed by atoms with Gasteiger partial charge in [-0.05, 0) is 6.42 Å². The van der Waals surface area contributed by atoms with Crippen LogP contribution in [0.15, 0.2) is 11.8 Å². The summed E-state index contributed by atoms with van der Waals surface area (Å²) in [5, 5.41) is 17.9. The molecule has 2 saturated heterocycles. The van der Waals surface area contributed by atoms with E-state index in [1.165, 1.54) is 6.20 Å². The van der Waals surface area contributed by atoms with Crippen LogP contribution >= 0.6 is 0 Å². The fraction of sp³-hybridized carbons (Fsp3) is 0.714. The van der Waals surface area contributed by atoms with Gasteiger partial charge in [0.05, 0.1) is 11.5 Å². The van der Waals surface area contributed by atoms with E-state index in [-0.39, 0.29) is 23.1 Å². The third-order valence-electron chi connectivity index (χ3n) is 3.98. The number of nitrogens with one attached hydrogen (secondary N) is 3. The number of nitriles is 1. The van der Waals surface area contributed by atoms with Gasteiger partial charge in [-0.15, -0.1) is 0 Å². The number of nitrogens with zero attached hydrogens (tertiary/aromatic N) is 2. The molecule has 2 heterocycles. The summed E-state index contributed by atoms with van der Waals surface area (Å²) in [4.78, 5) is 14.2. The quantitative estimate of drug-likeness (QED) is 0.385. The topological polar surface area (TPSA) is 114 Å². The van der Waals surface area contributed by atoms with E-state index >= 15 is 0 Å². The van der Waals surface area contributed by atoms with Crippen LogP contribution in [-0.4, -0.2) is 76.0 Å². The van der Waals surface area contributed by atoms with Gasteiger partial charge in [0, 0.05) is 51.5 Å². The van der Waals surface area contributed by atoms with Crippen LogP contribution in [0.2, 0.25) is 0 Å². The van der Waals surface area contributed by atoms with Gasteiger partial charge in [-0.1, -0.05) is 0 Å². The molecule has 2 fully saturated rings. The van der Waals surface area contributed by atoms with E-state index in [9.17, 15) is 13.2 Å². The SMILES string of the molecule is N#C/C(=C/NC1CCS(=O)(=O)C1)C(=O)NCCN1CCNCC1. The van der Waals surface area contributed by atoms with Gasteiger partial charge in [-0.2, -0.15) is 5.26 Å². The van der Waals surface area contributed by atoms with Crippen LogP contribution in [0.1, 0.15) is 6.42 Å². The first kappa shape index (κ1) is 17.7. The zero-order chi connectivity index (χ0) is 16.7. The van der Waals surface area contributed by atoms with E-state index < -0.39 is 15.7 Å². The van der Waals surface area contributed by atoms with Crippen LogP contribution < -0.4 is 16.0 Å². The number of sulfone groups is 1. The Morgan fingerprint density at radius 3 is 2.74 bits per heavy atom. The molecule has 0 aromatic heterocycles. The molecule has 0 aliphatic carbocycles. The lowest BCUT2D eigenvalue weighted by Crippen LogP contribution is -2.46. The summed E-state index contributed by atoms with van der Waals surface area (Å²) in [6.45, 7) is 5.04. The molecule has 0 aromatic rings. The van der Waals surface area contributed by atoms with Gasteiger partial charge in [0.1, 0.15) is 11.6 Å². The molecule has 1 atom stereocenters. The highest BCUT2D eigenvalue weighted by Crippen LogP contribution is 2.11. The van der Waals surface area contributed by atoms with Gasteiger partial charge in [-0.25, -0.2) is 8.42 Å². The average molecular weight is 341 g/mol. The van der Waals surface area contributed by atoms with E-state index in [1.807, 2.05) is 6.07 Å². The van der Waals surface area contributed by atoms with Crippen LogP contribution in [0, 0.1) is 11.3 Å². The first-order chi connectivity index (χ1) is 11.0. The summed E-state index contributed by atoms with van der Waals surface area (Å²) >= 11 is 0. The van der Waals surface area contributed by atoms with Crippen molar-refractivity contribution in [3.8, 4) is 6.07 Å². The van der Waals surface area contributed by atoms with Crippen LogP contribution in [0.5, 0.6) is 0 Å². The number of piperazine rings is 1. The zero-order valence-corrected chi connectivity index (χ0v) is 13.9. The number of carbonyl (C=O) groups is 1. The van der Waals surface area contributed by atoms with Crippen molar-refractivity contribution < 1.29 is 13.2 Å². The normalized spacial score (nSPS) is 24.8. The molecule has 1 unspecified atom stereocenters. The molecule has 128 valence electrons. The number of rotatable bonds is 6. The molecule has 2 aliphatic rings. The Morgan fingerprint density at radius 2 is 2.13 bits per heavy atom. The van der Waals surface area contributed by atoms with E-state index in [2.05, 4.69) is 20.9 Å². The van der Waals surface area contributed by atoms with Crippen molar-refractivity contribution in [3.63, 3.8) is 0 Å². The average Bonchev–Trinajstić information content (AvgIpc) is 2.88. The van der Waals surface area contributed by atoms with E-state index in [1.54, 1.807) is 0 Å². The van der Waals surface area contributed by atoms with E-state index in [4.69, 9.17) is 5.26 Å². The predicted octanol–water partition coefficient (Wildman–Crippen LogP) is -1.81. The van der Waals surface area contributed by atoms with Gasteiger partial charge in [-0.3, -0.25) is 9.69 Å². The number of amides is 1. The molecule has 1 amide bonds. The van der Waals surface area contributed by atoms with Crippen LogP contribution in [0.3, 0.4) is 0 Å². The number of hydrogen-bond acceptors (Lipinski definition) is 7. The molecule has 9 heteroatoms. The minimum absolute atomic E-state index is 0.0328. The van der Waals surface area contributed by atoms with Crippen molar-refractivity contribution >= 4 is 15.7 Å². The van der Waals surface area contributed by atoms with Crippen LogP contribution in [-0.2, 0) is 14.6 Å². The van der Waals surface area contributed by atoms with Crippen LogP contribution in [0.25, 0.3) is 0 Å². The highest BCUT2D eigenvalue weighted by atomic mass is 32.2. The summed E-state index contributed by atoms with van der Waals surface area (Å²) in [6, 6.07) is 1.62. The third-order valence-corrected chi connectivity index (χ3v) is 5.75. The lowest BCUT2D eigenvalue weighted by Gasteiger charge is -2.27. The largest absolute Gasteiger partial charge is 0.386 e. The molecule has 2 rings (SSSR count). The summed E-state index contributed by atoms with van der Waals surface area (Å²) in [5.41, 5.74) is -0.0328. The lowest BCUT2D eigenvalue weighted by molar-refractivity contribution is -0.117. The minimum atomic E-state index is -2.98. The van der Waals surface area contributed by atoms with Gasteiger partial charge in [0.2, 0.25) is 0 Å². The summed E-state index contributed by atoms with van der Waals surface area (Å²) in [5.74, 6) is -0.236. The smallest absolute Gasteiger partial charge is 0.263 e. The Labute approximate surface area is 136 Å². The maximum absolute atomic E-state index is 12.0. The van der Waals surface area contributed by atoms with Crippen molar-refractivity contribution in [2.45, 2.75) is 12.5 Å². The van der Waals surface area contributed by atoms with Crippen molar-refractivity contribution in [3.05, 3.63) is 11.8 Å². The summed E-state index contributed by atoms with van der Waals surface area (Å²) in [6.07, 6.45) is 1.83. The molecule has 0 radical (unpaired) electrons. The Kier molecular flexibility index (Phi) is 6.38. The van der Waals surface area contributed by atoms with Gasteiger partial charge < -0.3 is 16.0 Å². The molecule has 0 spiro atoms. The molecule has 2 aliphatic heterocycles. The van der Waals surface area contributed by atoms with Crippen molar-refractivity contribution in [1.82, 2.24) is 20.9 Å². The fourth-order valence-electron chi connectivity index (χ4n) is 2.63. The predicted molar refractivity (Wildman–Crippen MR) is 86.2 cm³/mol. The molecule has 3 N–H and O–H groups in total. The Hall–Kier alpha value is -1.63. The van der Waals surface area contributed by atoms with Gasteiger partial charge in [0.25, 0.3) is 5.91 Å². The Balaban J connectivity index is 1.74. The number of carbonyl (C=O) groups excluding carboxylic acids is 1. The first-order valence-electron chi connectivity index (χ1n) is 7.78. The van der Waals surface area contributed by atoms with Crippen molar-refractivity contribution in [1.29, 1.82) is 5.26 Å². The van der Waals surface area contributed by atoms with E-state index in [0.29, 0.717) is 13.0 Å². The second kappa shape index (κ2) is 8.29. The fourth-order valence-corrected chi connectivity index (χ4v) is 4.32. The highest BCUT2D eigenvalue weighted by Gasteiger charge is 2.27. The maximum Gasteiger partial charge on any atom is 0.263 e. The van der Waals surface area contributed by atoms with Crippen molar-refractivity contribution in [2.24, 2.45) is 0 Å². The third kappa shape index (κ3) is 5.82. The molecule has 0 aromatic carbocycles. The maximum atomic E-state index is 12.0. The Morgan fingerprint density at radius 1 is 1.39 bits per heavy atom. The molecular weight excluding hydrogens is 318 g/mol. The monoisotopic (exact) mass is 341 g/mol. The van der Waals surface area contributed by atoms with Gasteiger partial charge >= 0.3 is 0 Å². The van der Waals surface area contributed by atoms with E-state index in [0.717, 1.165) is 32.7 Å². The van der Waals surface area contributed by atoms with Crippen molar-refractivity contribution in [2.75, 3.05) is 50.8 Å². The summed E-state index contributed by atoms with van der Waals surface area (Å²) in [7, 11) is -2.98. The molecule has 0 saturated carbocycles. The summed E-state index contributed by atoms with van der Waals surface area (Å²) < 4.78 is 22.7. The highest BCUT2D eigenvalue weighted by molar-refractivity contribution is 7.91. The molecule has 8 nitrogen and oxygen atoms in total. The second-order valence-corrected chi connectivity index (χ2v) is 8.01. The molecule has 23 heavy (non-hydrogen) atoms. The molecule has 0 bridgehead atoms. The number of hydrogen-bond donors (Lipinski definition) is 3. The standard InChI is InChI=1S/C14H23N5O3S/c15-9-12(10-18-13-1-8-23(21,22)11-13)14(20)17-4-7-19-5-2-16-3-6-19/h10,13,16,18H,1-8,11H2,(H,17,20)/b12-10-. The Bertz CT molecular complexity index is 590. The first-order valence-corrected chi connectivity index (χ1v) is 9.60. The van der Waals surface area contributed by atoms with Gasteiger partial charge in [0.15, 0.2) is 9.84 Å².